The van der Waals surface area contributed by atoms with Crippen molar-refractivity contribution in [2.45, 2.75) is 30.3 Å². The Morgan fingerprint density at radius 1 is 1.28 bits per heavy atom. The van der Waals surface area contributed by atoms with Crippen LogP contribution in [0, 0.1) is 5.82 Å². The lowest BCUT2D eigenvalue weighted by molar-refractivity contribution is -0.136. The van der Waals surface area contributed by atoms with Crippen molar-refractivity contribution in [3.05, 3.63) is 60.2 Å². The molecule has 0 aliphatic carbocycles. The van der Waals surface area contributed by atoms with Crippen molar-refractivity contribution in [3.63, 3.8) is 0 Å². The molecule has 0 bridgehead atoms. The second-order valence-corrected chi connectivity index (χ2v) is 8.14. The standard InChI is InChI=1S/C19H18FN3O5S/c20-14-3-5-16(6-4-14)29(27,28)22-15(7-9-24)12-23-11-13(10-18(25)26)17-2-1-8-21-19(17)23/h1-6,8-9,11,15,22H,7,10,12H2,(H,25,26)/t15-/m0/s1. The molecule has 2 N–H and O–H groups in total. The molecule has 0 aliphatic rings. The second kappa shape index (κ2) is 8.50. The molecule has 0 spiro atoms. The molecule has 0 unspecified atom stereocenters. The first-order valence-electron chi connectivity index (χ1n) is 8.66. The number of halogens is 1. The van der Waals surface area contributed by atoms with Crippen molar-refractivity contribution in [1.29, 1.82) is 0 Å². The largest absolute Gasteiger partial charge is 0.481 e. The van der Waals surface area contributed by atoms with Crippen molar-refractivity contribution in [1.82, 2.24) is 14.3 Å². The summed E-state index contributed by atoms with van der Waals surface area (Å²) in [7, 11) is -3.99. The van der Waals surface area contributed by atoms with Gasteiger partial charge >= 0.3 is 5.97 Å². The number of fused-ring (bicyclic) bond motifs is 1. The third kappa shape index (κ3) is 4.84. The minimum atomic E-state index is -3.99. The number of aliphatic carboxylic acids is 1. The van der Waals surface area contributed by atoms with E-state index in [1.807, 2.05) is 0 Å². The summed E-state index contributed by atoms with van der Waals surface area (Å²) in [6, 6.07) is 6.93. The molecule has 0 fully saturated rings. The van der Waals surface area contributed by atoms with Crippen molar-refractivity contribution < 1.29 is 27.5 Å². The van der Waals surface area contributed by atoms with Gasteiger partial charge in [-0.05, 0) is 42.0 Å². The van der Waals surface area contributed by atoms with E-state index in [0.29, 0.717) is 22.9 Å². The Morgan fingerprint density at radius 2 is 2.00 bits per heavy atom. The van der Waals surface area contributed by atoms with Crippen LogP contribution in [0.2, 0.25) is 0 Å². The van der Waals surface area contributed by atoms with Gasteiger partial charge in [-0.25, -0.2) is 22.5 Å². The minimum Gasteiger partial charge on any atom is -0.481 e. The van der Waals surface area contributed by atoms with Crippen LogP contribution in [0.5, 0.6) is 0 Å². The number of sulfonamides is 1. The number of carboxylic acids is 1. The van der Waals surface area contributed by atoms with Crippen LogP contribution in [-0.2, 0) is 32.6 Å². The van der Waals surface area contributed by atoms with Gasteiger partial charge in [0, 0.05) is 36.8 Å². The lowest BCUT2D eigenvalue weighted by Crippen LogP contribution is -2.38. The van der Waals surface area contributed by atoms with Gasteiger partial charge in [-0.1, -0.05) is 0 Å². The molecule has 3 rings (SSSR count). The molecule has 2 heterocycles. The molecule has 0 saturated carbocycles. The summed E-state index contributed by atoms with van der Waals surface area (Å²) in [6.45, 7) is 0.0618. The Labute approximate surface area is 166 Å². The number of rotatable bonds is 9. The summed E-state index contributed by atoms with van der Waals surface area (Å²) in [4.78, 5) is 26.3. The van der Waals surface area contributed by atoms with E-state index in [1.165, 1.54) is 0 Å². The number of pyridine rings is 1. The number of nitrogens with zero attached hydrogens (tertiary/aromatic N) is 2. The van der Waals surface area contributed by atoms with Crippen LogP contribution in [0.3, 0.4) is 0 Å². The fourth-order valence-corrected chi connectivity index (χ4v) is 4.29. The van der Waals surface area contributed by atoms with Gasteiger partial charge in [0.05, 0.1) is 11.3 Å². The first-order chi connectivity index (χ1) is 13.8. The molecule has 0 saturated heterocycles. The third-order valence-electron chi connectivity index (χ3n) is 4.30. The van der Waals surface area contributed by atoms with E-state index in [1.54, 1.807) is 29.1 Å². The molecule has 1 aromatic carbocycles. The van der Waals surface area contributed by atoms with Gasteiger partial charge in [0.1, 0.15) is 17.8 Å². The Kier molecular flexibility index (Phi) is 6.04. The number of aldehydes is 1. The zero-order chi connectivity index (χ0) is 21.0. The van der Waals surface area contributed by atoms with Gasteiger partial charge < -0.3 is 14.5 Å². The Balaban J connectivity index is 1.90. The Hall–Kier alpha value is -3.11. The molecule has 152 valence electrons. The lowest BCUT2D eigenvalue weighted by Gasteiger charge is -2.18. The van der Waals surface area contributed by atoms with Gasteiger partial charge in [0.15, 0.2) is 0 Å². The van der Waals surface area contributed by atoms with E-state index in [2.05, 4.69) is 9.71 Å². The normalized spacial score (nSPS) is 12.7. The van der Waals surface area contributed by atoms with Crippen molar-refractivity contribution in [2.24, 2.45) is 0 Å². The van der Waals surface area contributed by atoms with Gasteiger partial charge in [-0.15, -0.1) is 0 Å². The highest BCUT2D eigenvalue weighted by Gasteiger charge is 2.22. The molecule has 29 heavy (non-hydrogen) atoms. The molecule has 10 heteroatoms. The zero-order valence-electron chi connectivity index (χ0n) is 15.2. The molecule has 0 amide bonds. The first-order valence-corrected chi connectivity index (χ1v) is 10.1. The van der Waals surface area contributed by atoms with Crippen LogP contribution < -0.4 is 4.72 Å². The maximum atomic E-state index is 13.1. The number of benzene rings is 1. The minimum absolute atomic E-state index is 0.0618. The van der Waals surface area contributed by atoms with Gasteiger partial charge in [0.25, 0.3) is 0 Å². The highest BCUT2D eigenvalue weighted by molar-refractivity contribution is 7.89. The molecule has 2 aromatic heterocycles. The number of hydrogen-bond acceptors (Lipinski definition) is 5. The van der Waals surface area contributed by atoms with Crippen molar-refractivity contribution >= 4 is 33.3 Å². The average molecular weight is 419 g/mol. The summed E-state index contributed by atoms with van der Waals surface area (Å²) >= 11 is 0. The molecule has 0 radical (unpaired) electrons. The quantitative estimate of drug-likeness (QED) is 0.510. The topological polar surface area (TPSA) is 118 Å². The molecule has 8 nitrogen and oxygen atoms in total. The lowest BCUT2D eigenvalue weighted by atomic mass is 10.2. The van der Waals surface area contributed by atoms with Crippen molar-refractivity contribution in [2.75, 3.05) is 0 Å². The van der Waals surface area contributed by atoms with E-state index in [0.717, 1.165) is 24.3 Å². The monoisotopic (exact) mass is 419 g/mol. The fraction of sp³-hybridized carbons (Fsp3) is 0.211. The maximum absolute atomic E-state index is 13.1. The zero-order valence-corrected chi connectivity index (χ0v) is 16.0. The van der Waals surface area contributed by atoms with Gasteiger partial charge in [-0.2, -0.15) is 0 Å². The molecular weight excluding hydrogens is 401 g/mol. The number of aromatic nitrogens is 2. The van der Waals surface area contributed by atoms with E-state index in [4.69, 9.17) is 5.11 Å². The highest BCUT2D eigenvalue weighted by Crippen LogP contribution is 2.21. The van der Waals surface area contributed by atoms with Gasteiger partial charge in [-0.3, -0.25) is 4.79 Å². The van der Waals surface area contributed by atoms with Crippen LogP contribution in [0.4, 0.5) is 4.39 Å². The smallest absolute Gasteiger partial charge is 0.307 e. The van der Waals surface area contributed by atoms with E-state index in [-0.39, 0.29) is 24.3 Å². The average Bonchev–Trinajstić information content (AvgIpc) is 2.99. The Morgan fingerprint density at radius 3 is 2.66 bits per heavy atom. The number of hydrogen-bond donors (Lipinski definition) is 2. The fourth-order valence-electron chi connectivity index (χ4n) is 3.05. The predicted octanol–water partition coefficient (Wildman–Crippen LogP) is 1.74. The summed E-state index contributed by atoms with van der Waals surface area (Å²) in [5.41, 5.74) is 1.02. The summed E-state index contributed by atoms with van der Waals surface area (Å²) in [5.74, 6) is -1.57. The maximum Gasteiger partial charge on any atom is 0.307 e. The second-order valence-electron chi connectivity index (χ2n) is 6.43. The third-order valence-corrected chi connectivity index (χ3v) is 5.84. The van der Waals surface area contributed by atoms with Crippen LogP contribution in [0.1, 0.15) is 12.0 Å². The SMILES string of the molecule is O=CC[C@@H](Cn1cc(CC(=O)O)c2cccnc21)NS(=O)(=O)c1ccc(F)cc1. The first kappa shape index (κ1) is 20.6. The van der Waals surface area contributed by atoms with Crippen molar-refractivity contribution in [3.8, 4) is 0 Å². The van der Waals surface area contributed by atoms with Gasteiger partial charge in [0.2, 0.25) is 10.0 Å². The molecule has 0 aliphatic heterocycles. The summed E-state index contributed by atoms with van der Waals surface area (Å²) < 4.78 is 42.3. The van der Waals surface area contributed by atoms with E-state index >= 15 is 0 Å². The molecule has 1 atom stereocenters. The van der Waals surface area contributed by atoms with Crippen LogP contribution in [-0.4, -0.2) is 41.4 Å². The Bertz CT molecular complexity index is 1140. The predicted molar refractivity (Wildman–Crippen MR) is 102 cm³/mol. The molecule has 3 aromatic rings. The summed E-state index contributed by atoms with van der Waals surface area (Å²) in [6.07, 6.45) is 3.40. The van der Waals surface area contributed by atoms with Crippen LogP contribution in [0.15, 0.2) is 53.7 Å². The number of carboxylic acid groups (broad SMARTS) is 1. The molecular formula is C19H18FN3O5S. The number of carbonyl (C=O) groups is 2. The van der Waals surface area contributed by atoms with E-state index < -0.39 is 27.9 Å². The number of nitrogens with one attached hydrogen (secondary N) is 1. The van der Waals surface area contributed by atoms with E-state index in [9.17, 15) is 22.4 Å². The highest BCUT2D eigenvalue weighted by atomic mass is 32.2. The van der Waals surface area contributed by atoms with Crippen LogP contribution >= 0.6 is 0 Å². The van der Waals surface area contributed by atoms with Crippen LogP contribution in [0.25, 0.3) is 11.0 Å². The number of carbonyl (C=O) groups excluding carboxylic acids is 1. The summed E-state index contributed by atoms with van der Waals surface area (Å²) in [5, 5.41) is 9.75.